The van der Waals surface area contributed by atoms with Crippen molar-refractivity contribution >= 4 is 23.2 Å². The maximum atomic E-state index is 13.2. The number of ether oxygens (including phenoxy) is 1. The number of nitrogens with zero attached hydrogens (tertiary/aromatic N) is 5. The van der Waals surface area contributed by atoms with Crippen molar-refractivity contribution in [3.63, 3.8) is 0 Å². The van der Waals surface area contributed by atoms with Crippen LogP contribution >= 0.6 is 11.6 Å². The molecule has 0 amide bonds. The van der Waals surface area contributed by atoms with Gasteiger partial charge in [-0.1, -0.05) is 30.7 Å². The highest BCUT2D eigenvalue weighted by molar-refractivity contribution is 6.30. The van der Waals surface area contributed by atoms with E-state index in [2.05, 4.69) is 27.1 Å². The number of hydrogen-bond acceptors (Lipinski definition) is 6. The molecule has 1 aliphatic rings. The fourth-order valence-corrected chi connectivity index (χ4v) is 5.15. The van der Waals surface area contributed by atoms with Crippen molar-refractivity contribution in [1.82, 2.24) is 19.3 Å². The molecule has 0 aliphatic carbocycles. The van der Waals surface area contributed by atoms with Gasteiger partial charge < -0.3 is 9.64 Å². The van der Waals surface area contributed by atoms with Crippen LogP contribution in [0.25, 0.3) is 5.69 Å². The van der Waals surface area contributed by atoms with Gasteiger partial charge in [0.15, 0.2) is 5.78 Å². The zero-order valence-corrected chi connectivity index (χ0v) is 22.2. The topological polar surface area (TPSA) is 82.2 Å². The van der Waals surface area contributed by atoms with Crippen molar-refractivity contribution in [3.8, 4) is 11.4 Å². The zero-order valence-electron chi connectivity index (χ0n) is 21.5. The van der Waals surface area contributed by atoms with Crippen LogP contribution in [0.1, 0.15) is 54.1 Å². The molecule has 4 aromatic rings. The van der Waals surface area contributed by atoms with Gasteiger partial charge in [-0.15, -0.1) is 0 Å². The number of halogens is 1. The van der Waals surface area contributed by atoms with E-state index in [0.717, 1.165) is 37.5 Å². The molecular weight excluding hydrogens is 502 g/mol. The highest BCUT2D eigenvalue weighted by Gasteiger charge is 2.25. The summed E-state index contributed by atoms with van der Waals surface area (Å²) in [5.74, 6) is 2.08. The molecule has 1 aliphatic heterocycles. The summed E-state index contributed by atoms with van der Waals surface area (Å²) in [6.45, 7) is 3.66. The van der Waals surface area contributed by atoms with Crippen molar-refractivity contribution < 1.29 is 9.53 Å². The molecule has 0 radical (unpaired) electrons. The summed E-state index contributed by atoms with van der Waals surface area (Å²) in [7, 11) is 1.69. The van der Waals surface area contributed by atoms with Crippen LogP contribution in [0.15, 0.2) is 78.0 Å². The average molecular weight is 532 g/mol. The number of ketones is 1. The largest absolute Gasteiger partial charge is 0.497 e. The number of carbonyl (C=O) groups excluding carboxylic acids is 1. The number of Topliss-reactive ketones (excluding diaryl/α,β-unsaturated/α-hetero) is 1. The molecule has 3 heterocycles. The van der Waals surface area contributed by atoms with Gasteiger partial charge in [-0.25, -0.2) is 19.0 Å². The van der Waals surface area contributed by atoms with E-state index in [9.17, 15) is 9.59 Å². The highest BCUT2D eigenvalue weighted by Crippen LogP contribution is 2.31. The second-order valence-electron chi connectivity index (χ2n) is 9.44. The number of hydrogen-bond donors (Lipinski definition) is 0. The molecule has 196 valence electrons. The molecule has 1 saturated heterocycles. The zero-order chi connectivity index (χ0) is 26.6. The third kappa shape index (κ3) is 5.22. The number of carbonyl (C=O) groups is 1. The second kappa shape index (κ2) is 11.2. The first-order valence-electron chi connectivity index (χ1n) is 12.8. The smallest absolute Gasteiger partial charge is 0.351 e. The van der Waals surface area contributed by atoms with Crippen molar-refractivity contribution in [2.75, 3.05) is 25.1 Å². The molecule has 38 heavy (non-hydrogen) atoms. The Labute approximate surface area is 226 Å². The van der Waals surface area contributed by atoms with E-state index in [4.69, 9.17) is 16.3 Å². The summed E-state index contributed by atoms with van der Waals surface area (Å²) in [5.41, 5.74) is 2.02. The number of rotatable bonds is 8. The maximum Gasteiger partial charge on any atom is 0.351 e. The van der Waals surface area contributed by atoms with E-state index >= 15 is 0 Å². The van der Waals surface area contributed by atoms with E-state index in [1.54, 1.807) is 37.6 Å². The lowest BCUT2D eigenvalue weighted by atomic mass is 9.89. The Balaban J connectivity index is 1.28. The Hall–Kier alpha value is -3.91. The van der Waals surface area contributed by atoms with Crippen molar-refractivity contribution in [1.29, 1.82) is 0 Å². The van der Waals surface area contributed by atoms with Crippen LogP contribution in [0.5, 0.6) is 5.75 Å². The van der Waals surface area contributed by atoms with Crippen LogP contribution in [0.2, 0.25) is 5.02 Å². The summed E-state index contributed by atoms with van der Waals surface area (Å²) < 4.78 is 8.04. The molecule has 2 aromatic carbocycles. The van der Waals surface area contributed by atoms with E-state index in [-0.39, 0.29) is 11.5 Å². The molecule has 0 bridgehead atoms. The van der Waals surface area contributed by atoms with Crippen LogP contribution in [-0.2, 0) is 0 Å². The van der Waals surface area contributed by atoms with E-state index in [1.807, 2.05) is 31.2 Å². The number of methoxy groups -OCH3 is 1. The molecule has 0 N–H and O–H groups in total. The molecule has 0 spiro atoms. The van der Waals surface area contributed by atoms with Crippen molar-refractivity contribution in [2.24, 2.45) is 0 Å². The molecular formula is C29H30ClN5O3. The van der Waals surface area contributed by atoms with Crippen molar-refractivity contribution in [2.45, 2.75) is 38.1 Å². The SMILES string of the molecule is CCC(C(=O)c1ccc(Cl)cc1)n1ncn(-c2ccc(N3CCC(c4cccc(OC)c4)CC3)nc2)c1=O. The summed E-state index contributed by atoms with van der Waals surface area (Å²) in [5, 5.41) is 4.81. The molecule has 5 rings (SSSR count). The highest BCUT2D eigenvalue weighted by atomic mass is 35.5. The number of piperidine rings is 1. The normalized spacial score (nSPS) is 14.9. The third-order valence-corrected chi connectivity index (χ3v) is 7.45. The first kappa shape index (κ1) is 25.7. The fourth-order valence-electron chi connectivity index (χ4n) is 5.03. The predicted molar refractivity (Wildman–Crippen MR) is 148 cm³/mol. The summed E-state index contributed by atoms with van der Waals surface area (Å²) in [6, 6.07) is 18.1. The number of anilines is 1. The average Bonchev–Trinajstić information content (AvgIpc) is 3.34. The monoisotopic (exact) mass is 531 g/mol. The Morgan fingerprint density at radius 2 is 1.87 bits per heavy atom. The lowest BCUT2D eigenvalue weighted by Crippen LogP contribution is -2.33. The van der Waals surface area contributed by atoms with Gasteiger partial charge in [0.05, 0.1) is 19.0 Å². The second-order valence-corrected chi connectivity index (χ2v) is 9.87. The number of benzene rings is 2. The lowest BCUT2D eigenvalue weighted by molar-refractivity contribution is 0.0911. The predicted octanol–water partition coefficient (Wildman–Crippen LogP) is 5.31. The molecule has 1 unspecified atom stereocenters. The minimum atomic E-state index is -0.706. The Morgan fingerprint density at radius 1 is 1.11 bits per heavy atom. The van der Waals surface area contributed by atoms with Gasteiger partial charge in [-0.2, -0.15) is 5.10 Å². The lowest BCUT2D eigenvalue weighted by Gasteiger charge is -2.33. The van der Waals surface area contributed by atoms with Gasteiger partial charge in [0.25, 0.3) is 0 Å². The first-order chi connectivity index (χ1) is 18.5. The number of aromatic nitrogens is 4. The van der Waals surface area contributed by atoms with E-state index < -0.39 is 6.04 Å². The molecule has 8 nitrogen and oxygen atoms in total. The van der Waals surface area contributed by atoms with E-state index in [1.165, 1.54) is 21.1 Å². The van der Waals surface area contributed by atoms with Crippen LogP contribution < -0.4 is 15.3 Å². The molecule has 0 saturated carbocycles. The Morgan fingerprint density at radius 3 is 2.53 bits per heavy atom. The van der Waals surface area contributed by atoms with Crippen LogP contribution in [-0.4, -0.2) is 45.3 Å². The molecule has 9 heteroatoms. The summed E-state index contributed by atoms with van der Waals surface area (Å²) in [6.07, 6.45) is 5.61. The van der Waals surface area contributed by atoms with Crippen molar-refractivity contribution in [3.05, 3.63) is 99.8 Å². The standard InChI is InChI=1S/C29H30ClN5O3/c1-3-26(28(36)21-7-9-23(30)10-8-21)35-29(37)34(19-32-35)24-11-12-27(31-18-24)33-15-13-20(14-16-33)22-5-4-6-25(17-22)38-2/h4-12,17-20,26H,3,13-16H2,1-2H3. The fraction of sp³-hybridized carbons (Fsp3) is 0.310. The third-order valence-electron chi connectivity index (χ3n) is 7.20. The van der Waals surface area contributed by atoms with Crippen LogP contribution in [0.3, 0.4) is 0 Å². The quantitative estimate of drug-likeness (QED) is 0.287. The Kier molecular flexibility index (Phi) is 7.60. The molecule has 2 aromatic heterocycles. The first-order valence-corrected chi connectivity index (χ1v) is 13.2. The minimum absolute atomic E-state index is 0.178. The molecule has 1 fully saturated rings. The maximum absolute atomic E-state index is 13.2. The van der Waals surface area contributed by atoms with Crippen LogP contribution in [0.4, 0.5) is 5.82 Å². The van der Waals surface area contributed by atoms with Gasteiger partial charge in [-0.3, -0.25) is 4.79 Å². The van der Waals surface area contributed by atoms with Gasteiger partial charge in [0.1, 0.15) is 23.9 Å². The minimum Gasteiger partial charge on any atom is -0.497 e. The van der Waals surface area contributed by atoms with Gasteiger partial charge in [0, 0.05) is 23.7 Å². The molecule has 1 atom stereocenters. The van der Waals surface area contributed by atoms with Gasteiger partial charge >= 0.3 is 5.69 Å². The summed E-state index contributed by atoms with van der Waals surface area (Å²) in [4.78, 5) is 33.2. The van der Waals surface area contributed by atoms with Gasteiger partial charge in [-0.05, 0) is 79.3 Å². The van der Waals surface area contributed by atoms with Gasteiger partial charge in [0.2, 0.25) is 0 Å². The Bertz CT molecular complexity index is 1450. The van der Waals surface area contributed by atoms with E-state index in [0.29, 0.717) is 28.6 Å². The van der Waals surface area contributed by atoms with Crippen LogP contribution in [0, 0.1) is 0 Å². The summed E-state index contributed by atoms with van der Waals surface area (Å²) >= 11 is 5.95. The number of pyridine rings is 1.